The van der Waals surface area contributed by atoms with Gasteiger partial charge in [0.2, 0.25) is 0 Å². The van der Waals surface area contributed by atoms with Crippen molar-refractivity contribution >= 4 is 11.8 Å². The predicted octanol–water partition coefficient (Wildman–Crippen LogP) is 4.49. The highest BCUT2D eigenvalue weighted by Gasteiger charge is 2.10. The van der Waals surface area contributed by atoms with Crippen LogP contribution < -0.4 is 14.2 Å². The van der Waals surface area contributed by atoms with Gasteiger partial charge < -0.3 is 18.8 Å². The fraction of sp³-hybridized carbons (Fsp3) is 0.391. The molecular weight excluding hydrogens is 398 g/mol. The number of methoxy groups -OCH3 is 2. The molecule has 0 amide bonds. The van der Waals surface area contributed by atoms with E-state index in [-0.39, 0.29) is 0 Å². The lowest BCUT2D eigenvalue weighted by Crippen LogP contribution is -2.04. The van der Waals surface area contributed by atoms with Crippen LogP contribution in [0.2, 0.25) is 0 Å². The van der Waals surface area contributed by atoms with Crippen molar-refractivity contribution in [3.8, 4) is 17.2 Å². The molecule has 2 aromatic carbocycles. The topological polar surface area (TPSA) is 58.4 Å². The molecule has 3 aromatic rings. The maximum absolute atomic E-state index is 5.83. The van der Waals surface area contributed by atoms with E-state index in [0.717, 1.165) is 53.2 Å². The van der Waals surface area contributed by atoms with Gasteiger partial charge in [-0.1, -0.05) is 30.0 Å². The predicted molar refractivity (Wildman–Crippen MR) is 120 cm³/mol. The summed E-state index contributed by atoms with van der Waals surface area (Å²) < 4.78 is 18.5. The normalized spacial score (nSPS) is 10.8. The molecule has 0 aliphatic rings. The van der Waals surface area contributed by atoms with Crippen molar-refractivity contribution in [3.63, 3.8) is 0 Å². The number of hydrogen-bond acceptors (Lipinski definition) is 6. The quantitative estimate of drug-likeness (QED) is 0.332. The Hall–Kier alpha value is -2.67. The molecule has 0 spiro atoms. The monoisotopic (exact) mass is 427 g/mol. The molecule has 160 valence electrons. The molecular formula is C23H29N3O3S. The van der Waals surface area contributed by atoms with Gasteiger partial charge in [0.25, 0.3) is 0 Å². The van der Waals surface area contributed by atoms with Crippen LogP contribution in [0.1, 0.15) is 23.4 Å². The van der Waals surface area contributed by atoms with E-state index in [1.54, 1.807) is 26.0 Å². The molecule has 0 N–H and O–H groups in total. The Morgan fingerprint density at radius 1 is 0.967 bits per heavy atom. The minimum Gasteiger partial charge on any atom is -0.497 e. The maximum atomic E-state index is 5.83. The summed E-state index contributed by atoms with van der Waals surface area (Å²) in [6, 6.07) is 13.9. The van der Waals surface area contributed by atoms with Gasteiger partial charge in [-0.3, -0.25) is 0 Å². The Labute approximate surface area is 182 Å². The molecule has 1 heterocycles. The van der Waals surface area contributed by atoms with Crippen molar-refractivity contribution in [3.05, 3.63) is 59.4 Å². The Kier molecular flexibility index (Phi) is 8.02. The van der Waals surface area contributed by atoms with Crippen molar-refractivity contribution in [1.29, 1.82) is 0 Å². The summed E-state index contributed by atoms with van der Waals surface area (Å²) in [6.45, 7) is 2.70. The lowest BCUT2D eigenvalue weighted by atomic mass is 10.0. The van der Waals surface area contributed by atoms with Gasteiger partial charge in [0.1, 0.15) is 11.6 Å². The highest BCUT2D eigenvalue weighted by Crippen LogP contribution is 2.26. The number of benzene rings is 2. The van der Waals surface area contributed by atoms with Crippen LogP contribution in [0.5, 0.6) is 17.2 Å². The Morgan fingerprint density at radius 3 is 2.50 bits per heavy atom. The summed E-state index contributed by atoms with van der Waals surface area (Å²) >= 11 is 1.65. The summed E-state index contributed by atoms with van der Waals surface area (Å²) in [4.78, 5) is 0. The van der Waals surface area contributed by atoms with Crippen LogP contribution in [0, 0.1) is 6.92 Å². The molecule has 3 rings (SSSR count). The van der Waals surface area contributed by atoms with Crippen molar-refractivity contribution in [2.45, 2.75) is 31.3 Å². The molecule has 0 radical (unpaired) electrons. The van der Waals surface area contributed by atoms with Gasteiger partial charge in [0, 0.05) is 19.2 Å². The molecule has 0 saturated carbocycles. The van der Waals surface area contributed by atoms with Gasteiger partial charge in [-0.15, -0.1) is 10.2 Å². The smallest absolute Gasteiger partial charge is 0.191 e. The van der Waals surface area contributed by atoms with Crippen LogP contribution in [-0.4, -0.2) is 41.3 Å². The summed E-state index contributed by atoms with van der Waals surface area (Å²) in [5.74, 6) is 4.20. The molecule has 6 nitrogen and oxygen atoms in total. The van der Waals surface area contributed by atoms with Crippen LogP contribution in [-0.2, 0) is 19.9 Å². The summed E-state index contributed by atoms with van der Waals surface area (Å²) in [6.07, 6.45) is 2.94. The average molecular weight is 428 g/mol. The number of aryl methyl sites for hydroxylation is 3. The van der Waals surface area contributed by atoms with Crippen LogP contribution in [0.25, 0.3) is 0 Å². The van der Waals surface area contributed by atoms with E-state index in [4.69, 9.17) is 14.2 Å². The molecule has 0 bridgehead atoms. The van der Waals surface area contributed by atoms with Crippen molar-refractivity contribution in [2.24, 2.45) is 7.05 Å². The van der Waals surface area contributed by atoms with Gasteiger partial charge in [-0.05, 0) is 55.2 Å². The lowest BCUT2D eigenvalue weighted by Gasteiger charge is -2.10. The number of nitrogens with zero attached hydrogens (tertiary/aromatic N) is 3. The molecule has 30 heavy (non-hydrogen) atoms. The number of thioether (sulfide) groups is 1. The molecule has 0 aliphatic carbocycles. The first-order valence-corrected chi connectivity index (χ1v) is 11.0. The average Bonchev–Trinajstić information content (AvgIpc) is 3.12. The molecule has 0 atom stereocenters. The minimum atomic E-state index is 0.573. The van der Waals surface area contributed by atoms with E-state index in [1.165, 1.54) is 11.1 Å². The summed E-state index contributed by atoms with van der Waals surface area (Å²) in [5, 5.41) is 9.62. The number of para-hydroxylation sites is 2. The first-order valence-electron chi connectivity index (χ1n) is 10.0. The van der Waals surface area contributed by atoms with Gasteiger partial charge in [-0.25, -0.2) is 0 Å². The van der Waals surface area contributed by atoms with E-state index in [9.17, 15) is 0 Å². The molecule has 1 aromatic heterocycles. The van der Waals surface area contributed by atoms with Crippen LogP contribution in [0.4, 0.5) is 0 Å². The molecule has 0 saturated heterocycles. The van der Waals surface area contributed by atoms with E-state index in [2.05, 4.69) is 33.8 Å². The molecule has 0 aliphatic heterocycles. The van der Waals surface area contributed by atoms with Crippen LogP contribution in [0.15, 0.2) is 47.6 Å². The van der Waals surface area contributed by atoms with Crippen molar-refractivity contribution in [2.75, 3.05) is 26.6 Å². The van der Waals surface area contributed by atoms with Crippen LogP contribution in [0.3, 0.4) is 0 Å². The Bertz CT molecular complexity index is 959. The number of aromatic nitrogens is 3. The van der Waals surface area contributed by atoms with Crippen LogP contribution >= 0.6 is 11.8 Å². The third-order valence-corrected chi connectivity index (χ3v) is 5.95. The van der Waals surface area contributed by atoms with Crippen molar-refractivity contribution < 1.29 is 14.2 Å². The van der Waals surface area contributed by atoms with Gasteiger partial charge in [0.05, 0.1) is 20.8 Å². The maximum Gasteiger partial charge on any atom is 0.191 e. The standard InChI is InChI=1S/C23H29N3O3S/c1-17-16-19(27-3)13-12-18(17)8-7-11-22-24-25-23(26(22)2)30-15-14-29-21-10-6-5-9-20(21)28-4/h5-6,9-10,12-13,16H,7-8,11,14-15H2,1-4H3. The lowest BCUT2D eigenvalue weighted by molar-refractivity contribution is 0.313. The van der Waals surface area contributed by atoms with E-state index in [1.807, 2.05) is 37.4 Å². The third-order valence-electron chi connectivity index (χ3n) is 4.96. The second-order valence-electron chi connectivity index (χ2n) is 6.95. The number of rotatable bonds is 11. The summed E-state index contributed by atoms with van der Waals surface area (Å²) in [5.41, 5.74) is 2.61. The Balaban J connectivity index is 1.45. The zero-order chi connectivity index (χ0) is 21.3. The van der Waals surface area contributed by atoms with Gasteiger partial charge >= 0.3 is 0 Å². The van der Waals surface area contributed by atoms with Gasteiger partial charge in [-0.2, -0.15) is 0 Å². The SMILES string of the molecule is COc1ccc(CCCc2nnc(SCCOc3ccccc3OC)n2C)c(C)c1. The fourth-order valence-corrected chi connectivity index (χ4v) is 3.97. The van der Waals surface area contributed by atoms with E-state index in [0.29, 0.717) is 6.61 Å². The largest absolute Gasteiger partial charge is 0.497 e. The Morgan fingerprint density at radius 2 is 1.77 bits per heavy atom. The molecule has 0 fully saturated rings. The summed E-state index contributed by atoms with van der Waals surface area (Å²) in [7, 11) is 5.37. The second-order valence-corrected chi connectivity index (χ2v) is 8.01. The highest BCUT2D eigenvalue weighted by atomic mass is 32.2. The highest BCUT2D eigenvalue weighted by molar-refractivity contribution is 7.99. The zero-order valence-corrected chi connectivity index (χ0v) is 18.9. The molecule has 0 unspecified atom stereocenters. The fourth-order valence-electron chi connectivity index (χ4n) is 3.22. The van der Waals surface area contributed by atoms with Crippen molar-refractivity contribution in [1.82, 2.24) is 14.8 Å². The zero-order valence-electron chi connectivity index (χ0n) is 18.1. The first-order chi connectivity index (χ1) is 14.6. The van der Waals surface area contributed by atoms with E-state index < -0.39 is 0 Å². The minimum absolute atomic E-state index is 0.573. The second kappa shape index (κ2) is 10.9. The number of hydrogen-bond donors (Lipinski definition) is 0. The number of ether oxygens (including phenoxy) is 3. The van der Waals surface area contributed by atoms with Gasteiger partial charge in [0.15, 0.2) is 16.7 Å². The molecule has 7 heteroatoms. The van der Waals surface area contributed by atoms with E-state index >= 15 is 0 Å². The third kappa shape index (κ3) is 5.69. The first kappa shape index (κ1) is 22.0.